The molecule has 24 heavy (non-hydrogen) atoms. The summed E-state index contributed by atoms with van der Waals surface area (Å²) in [5, 5.41) is 2.53. The van der Waals surface area contributed by atoms with Crippen molar-refractivity contribution in [3.63, 3.8) is 0 Å². The normalized spacial score (nSPS) is 11.7. The Labute approximate surface area is 139 Å². The van der Waals surface area contributed by atoms with Crippen molar-refractivity contribution in [3.05, 3.63) is 71.5 Å². The van der Waals surface area contributed by atoms with Gasteiger partial charge >= 0.3 is 0 Å². The molecular formula is C18H19FN2O3. The third-order valence-electron chi connectivity index (χ3n) is 3.38. The maximum atomic E-state index is 12.9. The largest absolute Gasteiger partial charge is 0.368 e. The number of hydrogen-bond donors (Lipinski definition) is 2. The lowest BCUT2D eigenvalue weighted by Gasteiger charge is -2.15. The summed E-state index contributed by atoms with van der Waals surface area (Å²) in [5.41, 5.74) is 6.96. The first-order valence-electron chi connectivity index (χ1n) is 7.49. The van der Waals surface area contributed by atoms with E-state index >= 15 is 0 Å². The van der Waals surface area contributed by atoms with Crippen molar-refractivity contribution in [2.75, 3.05) is 6.61 Å². The smallest absolute Gasteiger partial charge is 0.246 e. The quantitative estimate of drug-likeness (QED) is 0.770. The van der Waals surface area contributed by atoms with E-state index in [1.165, 1.54) is 12.1 Å². The van der Waals surface area contributed by atoms with Crippen molar-refractivity contribution < 1.29 is 18.7 Å². The van der Waals surface area contributed by atoms with E-state index < -0.39 is 17.9 Å². The maximum absolute atomic E-state index is 12.9. The molecule has 0 radical (unpaired) electrons. The summed E-state index contributed by atoms with van der Waals surface area (Å²) in [6.45, 7) is 0.121. The van der Waals surface area contributed by atoms with Crippen LogP contribution in [0.4, 0.5) is 4.39 Å². The van der Waals surface area contributed by atoms with Crippen molar-refractivity contribution in [3.8, 4) is 0 Å². The van der Waals surface area contributed by atoms with E-state index in [-0.39, 0.29) is 18.8 Å². The topological polar surface area (TPSA) is 81.4 Å². The molecule has 2 rings (SSSR count). The molecular weight excluding hydrogens is 311 g/mol. The number of nitrogens with two attached hydrogens (primary N) is 1. The highest BCUT2D eigenvalue weighted by Gasteiger charge is 2.18. The fraction of sp³-hybridized carbons (Fsp3) is 0.222. The fourth-order valence-corrected chi connectivity index (χ4v) is 2.15. The fourth-order valence-electron chi connectivity index (χ4n) is 2.15. The summed E-state index contributed by atoms with van der Waals surface area (Å²) in [6.07, 6.45) is 0.194. The predicted molar refractivity (Wildman–Crippen MR) is 87.3 cm³/mol. The average molecular weight is 330 g/mol. The van der Waals surface area contributed by atoms with Crippen LogP contribution in [0.3, 0.4) is 0 Å². The lowest BCUT2D eigenvalue weighted by Crippen LogP contribution is -2.47. The number of carbonyl (C=O) groups is 2. The number of primary amides is 1. The van der Waals surface area contributed by atoms with E-state index in [1.807, 2.05) is 30.3 Å². The van der Waals surface area contributed by atoms with Crippen LogP contribution >= 0.6 is 0 Å². The molecule has 126 valence electrons. The monoisotopic (exact) mass is 330 g/mol. The molecule has 0 aliphatic carbocycles. The minimum Gasteiger partial charge on any atom is -0.368 e. The van der Waals surface area contributed by atoms with E-state index in [9.17, 15) is 14.0 Å². The van der Waals surface area contributed by atoms with E-state index in [4.69, 9.17) is 10.5 Å². The van der Waals surface area contributed by atoms with Crippen LogP contribution in [0.15, 0.2) is 54.6 Å². The second kappa shape index (κ2) is 8.79. The van der Waals surface area contributed by atoms with Crippen LogP contribution in [0, 0.1) is 5.82 Å². The van der Waals surface area contributed by atoms with E-state index in [0.29, 0.717) is 12.2 Å². The summed E-state index contributed by atoms with van der Waals surface area (Å²) in [6, 6.07) is 14.2. The van der Waals surface area contributed by atoms with Crippen molar-refractivity contribution in [2.45, 2.75) is 19.1 Å². The van der Waals surface area contributed by atoms with Gasteiger partial charge in [-0.25, -0.2) is 4.39 Å². The van der Waals surface area contributed by atoms with E-state index in [2.05, 4.69) is 5.32 Å². The van der Waals surface area contributed by atoms with E-state index in [0.717, 1.165) is 5.56 Å². The molecule has 0 saturated carbocycles. The number of halogens is 1. The molecule has 2 aromatic rings. The van der Waals surface area contributed by atoms with Crippen LogP contribution in [-0.2, 0) is 27.4 Å². The molecule has 2 aromatic carbocycles. The van der Waals surface area contributed by atoms with Crippen LogP contribution in [0.25, 0.3) is 0 Å². The van der Waals surface area contributed by atoms with Crippen molar-refractivity contribution in [1.29, 1.82) is 0 Å². The average Bonchev–Trinajstić information content (AvgIpc) is 2.57. The zero-order valence-corrected chi connectivity index (χ0v) is 13.1. The van der Waals surface area contributed by atoms with Crippen molar-refractivity contribution in [2.24, 2.45) is 5.73 Å². The van der Waals surface area contributed by atoms with Gasteiger partial charge in [0.05, 0.1) is 6.61 Å². The number of hydrogen-bond acceptors (Lipinski definition) is 3. The third-order valence-corrected chi connectivity index (χ3v) is 3.38. The first kappa shape index (κ1) is 17.6. The first-order valence-corrected chi connectivity index (χ1v) is 7.49. The Balaban J connectivity index is 1.82. The SMILES string of the molecule is NC(=O)[C@@H](Cc1ccc(F)cc1)NC(=O)COCc1ccccc1. The van der Waals surface area contributed by atoms with Gasteiger partial charge in [-0.1, -0.05) is 42.5 Å². The van der Waals surface area contributed by atoms with Crippen molar-refractivity contribution >= 4 is 11.8 Å². The van der Waals surface area contributed by atoms with E-state index in [1.54, 1.807) is 12.1 Å². The van der Waals surface area contributed by atoms with Crippen LogP contribution in [-0.4, -0.2) is 24.5 Å². The third kappa shape index (κ3) is 5.81. The van der Waals surface area contributed by atoms with Gasteiger partial charge in [0.2, 0.25) is 11.8 Å². The summed E-state index contributed by atoms with van der Waals surface area (Å²) >= 11 is 0. The first-order chi connectivity index (χ1) is 11.5. The summed E-state index contributed by atoms with van der Waals surface area (Å²) in [5.74, 6) is -1.46. The summed E-state index contributed by atoms with van der Waals surface area (Å²) in [7, 11) is 0. The zero-order valence-electron chi connectivity index (χ0n) is 13.1. The molecule has 2 amide bonds. The number of carbonyl (C=O) groups excluding carboxylic acids is 2. The number of amides is 2. The molecule has 5 nitrogen and oxygen atoms in total. The Bertz CT molecular complexity index is 674. The molecule has 0 heterocycles. The van der Waals surface area contributed by atoms with Gasteiger partial charge in [0.15, 0.2) is 0 Å². The Morgan fingerprint density at radius 3 is 2.33 bits per heavy atom. The molecule has 3 N–H and O–H groups in total. The Kier molecular flexibility index (Phi) is 6.45. The number of ether oxygens (including phenoxy) is 1. The van der Waals surface area contributed by atoms with Gasteiger partial charge in [-0.3, -0.25) is 9.59 Å². The predicted octanol–water partition coefficient (Wildman–Crippen LogP) is 1.56. The second-order valence-electron chi connectivity index (χ2n) is 5.33. The molecule has 0 fully saturated rings. The lowest BCUT2D eigenvalue weighted by molar-refractivity contribution is -0.130. The van der Waals surface area contributed by atoms with Crippen LogP contribution < -0.4 is 11.1 Å². The summed E-state index contributed by atoms with van der Waals surface area (Å²) in [4.78, 5) is 23.4. The van der Waals surface area contributed by atoms with Gasteiger partial charge in [0, 0.05) is 6.42 Å². The molecule has 0 saturated heterocycles. The van der Waals surface area contributed by atoms with Gasteiger partial charge in [0.1, 0.15) is 18.5 Å². The molecule has 0 aliphatic heterocycles. The standard InChI is InChI=1S/C18H19FN2O3/c19-15-8-6-13(7-9-15)10-16(18(20)23)21-17(22)12-24-11-14-4-2-1-3-5-14/h1-9,16H,10-12H2,(H2,20,23)(H,21,22)/t16-/m1/s1. The van der Waals surface area contributed by atoms with Crippen LogP contribution in [0.1, 0.15) is 11.1 Å². The highest BCUT2D eigenvalue weighted by Crippen LogP contribution is 2.06. The summed E-state index contributed by atoms with van der Waals surface area (Å²) < 4.78 is 18.2. The molecule has 6 heteroatoms. The molecule has 0 aromatic heterocycles. The highest BCUT2D eigenvalue weighted by molar-refractivity contribution is 5.87. The van der Waals surface area contributed by atoms with Gasteiger partial charge < -0.3 is 15.8 Å². The number of nitrogens with one attached hydrogen (secondary N) is 1. The Hall–Kier alpha value is -2.73. The minimum atomic E-state index is -0.872. The van der Waals surface area contributed by atoms with Gasteiger partial charge in [-0.05, 0) is 23.3 Å². The van der Waals surface area contributed by atoms with Gasteiger partial charge in [0.25, 0.3) is 0 Å². The van der Waals surface area contributed by atoms with Gasteiger partial charge in [-0.2, -0.15) is 0 Å². The zero-order chi connectivity index (χ0) is 17.4. The molecule has 0 aliphatic rings. The number of benzene rings is 2. The molecule has 0 unspecified atom stereocenters. The lowest BCUT2D eigenvalue weighted by atomic mass is 10.1. The highest BCUT2D eigenvalue weighted by atomic mass is 19.1. The molecule has 0 bridgehead atoms. The Morgan fingerprint density at radius 2 is 1.71 bits per heavy atom. The van der Waals surface area contributed by atoms with Crippen LogP contribution in [0.5, 0.6) is 0 Å². The Morgan fingerprint density at radius 1 is 1.04 bits per heavy atom. The van der Waals surface area contributed by atoms with Crippen molar-refractivity contribution in [1.82, 2.24) is 5.32 Å². The van der Waals surface area contributed by atoms with Crippen LogP contribution in [0.2, 0.25) is 0 Å². The second-order valence-corrected chi connectivity index (χ2v) is 5.33. The number of rotatable bonds is 8. The van der Waals surface area contributed by atoms with Gasteiger partial charge in [-0.15, -0.1) is 0 Å². The molecule has 1 atom stereocenters. The molecule has 0 spiro atoms. The maximum Gasteiger partial charge on any atom is 0.246 e. The minimum absolute atomic E-state index is 0.178.